The number of nitrogens with zero attached hydrogens (tertiary/aromatic N) is 1. The molecule has 0 spiro atoms. The zero-order valence-corrected chi connectivity index (χ0v) is 19.6. The van der Waals surface area contributed by atoms with Gasteiger partial charge in [0, 0.05) is 11.0 Å². The molecule has 3 aromatic rings. The Labute approximate surface area is 192 Å². The fourth-order valence-corrected chi connectivity index (χ4v) is 3.67. The van der Waals surface area contributed by atoms with E-state index in [9.17, 15) is 0 Å². The van der Waals surface area contributed by atoms with E-state index in [0.717, 1.165) is 53.1 Å². The Morgan fingerprint density at radius 2 is 1.62 bits per heavy atom. The first-order valence-electron chi connectivity index (χ1n) is 11.3. The minimum absolute atomic E-state index is 0.140. The predicted molar refractivity (Wildman–Crippen MR) is 134 cm³/mol. The topological polar surface area (TPSA) is 30.8 Å². The van der Waals surface area contributed by atoms with Crippen LogP contribution in [0.4, 0.5) is 5.69 Å². The number of methoxy groups -OCH3 is 1. The third-order valence-corrected chi connectivity index (χ3v) is 5.85. The Bertz CT molecular complexity index is 1050. The molecule has 32 heavy (non-hydrogen) atoms. The van der Waals surface area contributed by atoms with E-state index in [2.05, 4.69) is 43.8 Å². The molecule has 3 heteroatoms. The molecule has 0 bridgehead atoms. The lowest BCUT2D eigenvalue weighted by Gasteiger charge is -2.28. The second kappa shape index (κ2) is 11.4. The minimum atomic E-state index is 0.140. The molecule has 0 aliphatic carbocycles. The highest BCUT2D eigenvalue weighted by Crippen LogP contribution is 2.35. The van der Waals surface area contributed by atoms with Gasteiger partial charge in [-0.3, -0.25) is 0 Å². The summed E-state index contributed by atoms with van der Waals surface area (Å²) in [4.78, 5) is 4.63. The molecule has 0 aliphatic heterocycles. The van der Waals surface area contributed by atoms with E-state index in [1.165, 1.54) is 0 Å². The van der Waals surface area contributed by atoms with E-state index in [-0.39, 0.29) is 5.41 Å². The first-order valence-corrected chi connectivity index (χ1v) is 11.3. The van der Waals surface area contributed by atoms with Gasteiger partial charge in [-0.05, 0) is 54.6 Å². The van der Waals surface area contributed by atoms with Crippen LogP contribution in [-0.4, -0.2) is 19.6 Å². The summed E-state index contributed by atoms with van der Waals surface area (Å²) in [5.74, 6) is 4.89. The van der Waals surface area contributed by atoms with Crippen LogP contribution in [0.15, 0.2) is 83.9 Å². The van der Waals surface area contributed by atoms with Crippen molar-refractivity contribution in [3.8, 4) is 11.5 Å². The maximum atomic E-state index is 6.44. The van der Waals surface area contributed by atoms with Gasteiger partial charge in [0.2, 0.25) is 0 Å². The highest BCUT2D eigenvalue weighted by Gasteiger charge is 2.23. The van der Waals surface area contributed by atoms with Crippen molar-refractivity contribution in [1.82, 2.24) is 0 Å². The summed E-state index contributed by atoms with van der Waals surface area (Å²) in [7, 11) is 1.68. The first-order chi connectivity index (χ1) is 15.6. The van der Waals surface area contributed by atoms with Crippen molar-refractivity contribution < 1.29 is 9.47 Å². The van der Waals surface area contributed by atoms with Crippen molar-refractivity contribution in [3.05, 3.63) is 90.0 Å². The lowest BCUT2D eigenvalue weighted by Crippen LogP contribution is -2.24. The molecule has 1 atom stereocenters. The third-order valence-electron chi connectivity index (χ3n) is 5.85. The average molecular weight is 428 g/mol. The molecule has 0 amide bonds. The summed E-state index contributed by atoms with van der Waals surface area (Å²) in [6.45, 7) is 7.41. The molecule has 0 heterocycles. The molecule has 0 N–H and O–H groups in total. The van der Waals surface area contributed by atoms with Crippen molar-refractivity contribution in [2.24, 2.45) is 10.4 Å². The van der Waals surface area contributed by atoms with Crippen LogP contribution in [-0.2, 0) is 0 Å². The third kappa shape index (κ3) is 6.12. The van der Waals surface area contributed by atoms with E-state index in [4.69, 9.17) is 9.47 Å². The van der Waals surface area contributed by atoms with Gasteiger partial charge in [-0.2, -0.15) is 0 Å². The van der Waals surface area contributed by atoms with E-state index < -0.39 is 0 Å². The fraction of sp³-hybridized carbons (Fsp3) is 0.310. The molecule has 0 unspecified atom stereocenters. The van der Waals surface area contributed by atoms with E-state index in [1.807, 2.05) is 66.7 Å². The standard InChI is InChI=1S/C29H33NO2/c1-5-19-29(3,6-2)22-32-28-18-17-25(31-4)20-26(28)27(23-13-9-7-10-14-23)21-30-24-15-11-8-12-16-24/h7-18,20H,5-6,19,22H2,1-4H3/t29-/m1/s1. The van der Waals surface area contributed by atoms with E-state index >= 15 is 0 Å². The van der Waals surface area contributed by atoms with Crippen LogP contribution in [0.25, 0.3) is 5.57 Å². The van der Waals surface area contributed by atoms with Crippen LogP contribution in [0.3, 0.4) is 0 Å². The van der Waals surface area contributed by atoms with Gasteiger partial charge in [0.25, 0.3) is 0 Å². The normalized spacial score (nSPS) is 12.4. The molecule has 0 saturated carbocycles. The Hall–Kier alpha value is -3.29. The molecule has 0 saturated heterocycles. The molecule has 166 valence electrons. The highest BCUT2D eigenvalue weighted by molar-refractivity contribution is 6.01. The molecule has 3 aromatic carbocycles. The monoisotopic (exact) mass is 427 g/mol. The Morgan fingerprint density at radius 1 is 0.938 bits per heavy atom. The summed E-state index contributed by atoms with van der Waals surface area (Å²) in [5.41, 5.74) is 3.81. The first kappa shape index (κ1) is 23.4. The van der Waals surface area contributed by atoms with E-state index in [1.54, 1.807) is 7.11 Å². The molecule has 0 aliphatic rings. The lowest BCUT2D eigenvalue weighted by molar-refractivity contribution is 0.145. The fourth-order valence-electron chi connectivity index (χ4n) is 3.67. The van der Waals surface area contributed by atoms with Crippen LogP contribution in [0, 0.1) is 5.41 Å². The van der Waals surface area contributed by atoms with Gasteiger partial charge < -0.3 is 9.47 Å². The Balaban J connectivity index is 2.10. The zero-order valence-electron chi connectivity index (χ0n) is 19.6. The Morgan fingerprint density at radius 3 is 2.25 bits per heavy atom. The molecular weight excluding hydrogens is 394 g/mol. The molecule has 3 rings (SSSR count). The van der Waals surface area contributed by atoms with Crippen LogP contribution < -0.4 is 9.47 Å². The SMILES string of the molecule is CCC[C@@](C)(CC)COc1ccc(OC)cc1C(=C=Nc1ccccc1)c1ccccc1. The van der Waals surface area contributed by atoms with Gasteiger partial charge in [-0.25, -0.2) is 4.99 Å². The zero-order chi connectivity index (χ0) is 22.8. The van der Waals surface area contributed by atoms with Crippen molar-refractivity contribution in [2.45, 2.75) is 40.0 Å². The molecule has 0 fully saturated rings. The van der Waals surface area contributed by atoms with Crippen molar-refractivity contribution >= 4 is 17.1 Å². The summed E-state index contributed by atoms with van der Waals surface area (Å²) in [6.07, 6.45) is 3.34. The van der Waals surface area contributed by atoms with Crippen LogP contribution in [0.1, 0.15) is 51.2 Å². The number of hydrogen-bond donors (Lipinski definition) is 0. The smallest absolute Gasteiger partial charge is 0.128 e. The number of aliphatic imine (C=N–C) groups is 1. The number of para-hydroxylation sites is 1. The lowest BCUT2D eigenvalue weighted by atomic mass is 9.84. The number of ether oxygens (including phenoxy) is 2. The van der Waals surface area contributed by atoms with Gasteiger partial charge in [0.1, 0.15) is 11.5 Å². The Kier molecular flexibility index (Phi) is 8.30. The maximum absolute atomic E-state index is 6.44. The largest absolute Gasteiger partial charge is 0.497 e. The van der Waals surface area contributed by atoms with Crippen LogP contribution in [0.5, 0.6) is 11.5 Å². The number of hydrogen-bond acceptors (Lipinski definition) is 3. The van der Waals surface area contributed by atoms with Crippen LogP contribution in [0.2, 0.25) is 0 Å². The van der Waals surface area contributed by atoms with Gasteiger partial charge in [-0.1, -0.05) is 75.7 Å². The number of benzene rings is 3. The van der Waals surface area contributed by atoms with Crippen LogP contribution >= 0.6 is 0 Å². The van der Waals surface area contributed by atoms with Gasteiger partial charge >= 0.3 is 0 Å². The quantitative estimate of drug-likeness (QED) is 0.310. The molecule has 0 aromatic heterocycles. The molecule has 0 radical (unpaired) electrons. The maximum Gasteiger partial charge on any atom is 0.128 e. The molecule has 3 nitrogen and oxygen atoms in total. The molecular formula is C29H33NO2. The van der Waals surface area contributed by atoms with Crippen molar-refractivity contribution in [3.63, 3.8) is 0 Å². The van der Waals surface area contributed by atoms with Gasteiger partial charge in [-0.15, -0.1) is 0 Å². The number of rotatable bonds is 10. The van der Waals surface area contributed by atoms with Crippen molar-refractivity contribution in [1.29, 1.82) is 0 Å². The average Bonchev–Trinajstić information content (AvgIpc) is 2.84. The highest BCUT2D eigenvalue weighted by atomic mass is 16.5. The van der Waals surface area contributed by atoms with E-state index in [0.29, 0.717) is 6.61 Å². The summed E-state index contributed by atoms with van der Waals surface area (Å²) >= 11 is 0. The van der Waals surface area contributed by atoms with Gasteiger partial charge in [0.05, 0.1) is 25.0 Å². The minimum Gasteiger partial charge on any atom is -0.497 e. The predicted octanol–water partition coefficient (Wildman–Crippen LogP) is 7.72. The summed E-state index contributed by atoms with van der Waals surface area (Å²) in [6, 6.07) is 26.0. The van der Waals surface area contributed by atoms with Gasteiger partial charge in [0.15, 0.2) is 0 Å². The second-order valence-corrected chi connectivity index (χ2v) is 8.37. The van der Waals surface area contributed by atoms with Crippen molar-refractivity contribution in [2.75, 3.05) is 13.7 Å². The second-order valence-electron chi connectivity index (χ2n) is 8.37. The summed E-state index contributed by atoms with van der Waals surface area (Å²) in [5, 5.41) is 0. The summed E-state index contributed by atoms with van der Waals surface area (Å²) < 4.78 is 12.0.